The smallest absolute Gasteiger partial charge is 0.257 e. The fourth-order valence-electron chi connectivity index (χ4n) is 1.45. The normalized spacial score (nSPS) is 10.2. The zero-order valence-corrected chi connectivity index (χ0v) is 10.5. The molecule has 0 aromatic heterocycles. The molecule has 1 amide bonds. The van der Waals surface area contributed by atoms with E-state index in [9.17, 15) is 9.18 Å². The van der Waals surface area contributed by atoms with Gasteiger partial charge in [-0.3, -0.25) is 4.79 Å². The molecule has 3 N–H and O–H groups in total. The van der Waals surface area contributed by atoms with Crippen LogP contribution in [0.1, 0.15) is 25.3 Å². The molecule has 0 saturated carbocycles. The first kappa shape index (κ1) is 14.4. The second kappa shape index (κ2) is 7.66. The number of rotatable bonds is 7. The van der Waals surface area contributed by atoms with E-state index in [4.69, 9.17) is 10.5 Å². The number of carbonyl (C=O) groups is 1. The van der Waals surface area contributed by atoms with Gasteiger partial charge >= 0.3 is 0 Å². The van der Waals surface area contributed by atoms with E-state index in [1.165, 1.54) is 18.2 Å². The van der Waals surface area contributed by atoms with E-state index in [0.717, 1.165) is 12.8 Å². The van der Waals surface area contributed by atoms with Gasteiger partial charge in [0.2, 0.25) is 0 Å². The van der Waals surface area contributed by atoms with Gasteiger partial charge in [-0.05, 0) is 24.6 Å². The summed E-state index contributed by atoms with van der Waals surface area (Å²) in [6, 6.07) is 4.07. The lowest BCUT2D eigenvalue weighted by Gasteiger charge is -2.10. The fourth-order valence-corrected chi connectivity index (χ4v) is 1.45. The molecule has 0 aliphatic heterocycles. The van der Waals surface area contributed by atoms with Gasteiger partial charge < -0.3 is 15.8 Å². The van der Waals surface area contributed by atoms with Crippen LogP contribution in [0.3, 0.4) is 0 Å². The van der Waals surface area contributed by atoms with Crippen LogP contribution in [0.4, 0.5) is 4.39 Å². The third kappa shape index (κ3) is 4.71. The maximum absolute atomic E-state index is 12.9. The maximum Gasteiger partial charge on any atom is 0.257 e. The summed E-state index contributed by atoms with van der Waals surface area (Å²) in [7, 11) is 0. The molecule has 1 aromatic carbocycles. The van der Waals surface area contributed by atoms with Gasteiger partial charge in [-0.15, -0.1) is 0 Å². The van der Waals surface area contributed by atoms with Gasteiger partial charge in [0.25, 0.3) is 5.91 Å². The molecule has 4 nitrogen and oxygen atoms in total. The quantitative estimate of drug-likeness (QED) is 0.726. The van der Waals surface area contributed by atoms with Crippen molar-refractivity contribution in [2.45, 2.75) is 26.3 Å². The number of ether oxygens (including phenoxy) is 1. The number of nitrogens with one attached hydrogen (secondary N) is 1. The summed E-state index contributed by atoms with van der Waals surface area (Å²) in [5.41, 5.74) is 6.03. The highest BCUT2D eigenvalue weighted by Crippen LogP contribution is 2.18. The molecule has 0 radical (unpaired) electrons. The third-order valence-corrected chi connectivity index (χ3v) is 2.45. The molecular weight excluding hydrogens is 235 g/mol. The molecule has 1 rings (SSSR count). The van der Waals surface area contributed by atoms with Crippen molar-refractivity contribution < 1.29 is 13.9 Å². The Bertz CT molecular complexity index is 397. The van der Waals surface area contributed by atoms with Crippen LogP contribution in [0.2, 0.25) is 0 Å². The van der Waals surface area contributed by atoms with E-state index in [1.54, 1.807) is 0 Å². The van der Waals surface area contributed by atoms with Crippen LogP contribution in [0.5, 0.6) is 5.75 Å². The van der Waals surface area contributed by atoms with E-state index < -0.39 is 0 Å². The van der Waals surface area contributed by atoms with Crippen molar-refractivity contribution in [3.63, 3.8) is 0 Å². The molecule has 18 heavy (non-hydrogen) atoms. The second-order valence-corrected chi connectivity index (χ2v) is 3.95. The average Bonchev–Trinajstić information content (AvgIpc) is 2.37. The van der Waals surface area contributed by atoms with Crippen molar-refractivity contribution in [1.82, 2.24) is 5.32 Å². The summed E-state index contributed by atoms with van der Waals surface area (Å²) in [5, 5.41) is 2.73. The third-order valence-electron chi connectivity index (χ3n) is 2.45. The molecule has 5 heteroatoms. The SMILES string of the molecule is CCCCNC(=O)COc1ccc(F)cc1CN. The van der Waals surface area contributed by atoms with E-state index in [2.05, 4.69) is 12.2 Å². The topological polar surface area (TPSA) is 64.3 Å². The minimum absolute atomic E-state index is 0.0810. The zero-order valence-electron chi connectivity index (χ0n) is 10.5. The molecule has 0 aliphatic carbocycles. The van der Waals surface area contributed by atoms with Gasteiger partial charge in [-0.2, -0.15) is 0 Å². The average molecular weight is 254 g/mol. The van der Waals surface area contributed by atoms with Gasteiger partial charge in [0.15, 0.2) is 6.61 Å². The van der Waals surface area contributed by atoms with Crippen LogP contribution in [0.25, 0.3) is 0 Å². The number of hydrogen-bond acceptors (Lipinski definition) is 3. The maximum atomic E-state index is 12.9. The summed E-state index contributed by atoms with van der Waals surface area (Å²) in [6.07, 6.45) is 1.97. The summed E-state index contributed by atoms with van der Waals surface area (Å²) in [6.45, 7) is 2.79. The highest BCUT2D eigenvalue weighted by Gasteiger charge is 2.06. The molecule has 0 spiro atoms. The molecule has 1 aromatic rings. The van der Waals surface area contributed by atoms with Crippen LogP contribution in [-0.2, 0) is 11.3 Å². The van der Waals surface area contributed by atoms with Crippen molar-refractivity contribution in [1.29, 1.82) is 0 Å². The number of carbonyl (C=O) groups excluding carboxylic acids is 1. The molecule has 0 atom stereocenters. The Morgan fingerprint density at radius 2 is 2.28 bits per heavy atom. The Hall–Kier alpha value is -1.62. The molecular formula is C13H19FN2O2. The summed E-state index contributed by atoms with van der Waals surface area (Å²) in [4.78, 5) is 11.4. The predicted octanol–water partition coefficient (Wildman–Crippen LogP) is 1.58. The van der Waals surface area contributed by atoms with E-state index in [1.807, 2.05) is 0 Å². The summed E-state index contributed by atoms with van der Waals surface area (Å²) >= 11 is 0. The van der Waals surface area contributed by atoms with Crippen LogP contribution >= 0.6 is 0 Å². The van der Waals surface area contributed by atoms with Crippen molar-refractivity contribution >= 4 is 5.91 Å². The Kier molecular flexibility index (Phi) is 6.14. The predicted molar refractivity (Wildman–Crippen MR) is 67.7 cm³/mol. The lowest BCUT2D eigenvalue weighted by atomic mass is 10.2. The van der Waals surface area contributed by atoms with Crippen molar-refractivity contribution in [3.05, 3.63) is 29.6 Å². The van der Waals surface area contributed by atoms with Crippen molar-refractivity contribution in [2.75, 3.05) is 13.2 Å². The van der Waals surface area contributed by atoms with E-state index in [0.29, 0.717) is 17.9 Å². The van der Waals surface area contributed by atoms with E-state index >= 15 is 0 Å². The Morgan fingerprint density at radius 3 is 2.94 bits per heavy atom. The molecule has 0 saturated heterocycles. The van der Waals surface area contributed by atoms with Crippen LogP contribution in [-0.4, -0.2) is 19.1 Å². The molecule has 0 bridgehead atoms. The molecule has 100 valence electrons. The number of hydrogen-bond donors (Lipinski definition) is 2. The van der Waals surface area contributed by atoms with Crippen molar-refractivity contribution in [3.8, 4) is 5.75 Å². The molecule has 0 unspecified atom stereocenters. The van der Waals surface area contributed by atoms with Crippen LogP contribution < -0.4 is 15.8 Å². The van der Waals surface area contributed by atoms with Gasteiger partial charge in [-0.1, -0.05) is 13.3 Å². The zero-order chi connectivity index (χ0) is 13.4. The lowest BCUT2D eigenvalue weighted by molar-refractivity contribution is -0.123. The number of amides is 1. The second-order valence-electron chi connectivity index (χ2n) is 3.95. The van der Waals surface area contributed by atoms with Gasteiger partial charge in [0, 0.05) is 18.7 Å². The van der Waals surface area contributed by atoms with E-state index in [-0.39, 0.29) is 24.9 Å². The van der Waals surface area contributed by atoms with Gasteiger partial charge in [0.1, 0.15) is 11.6 Å². The Balaban J connectivity index is 2.45. The lowest BCUT2D eigenvalue weighted by Crippen LogP contribution is -2.29. The van der Waals surface area contributed by atoms with Crippen LogP contribution in [0.15, 0.2) is 18.2 Å². The minimum Gasteiger partial charge on any atom is -0.483 e. The highest BCUT2D eigenvalue weighted by molar-refractivity contribution is 5.77. The Labute approximate surface area is 106 Å². The largest absolute Gasteiger partial charge is 0.483 e. The standard InChI is InChI=1S/C13H19FN2O2/c1-2-3-6-16-13(17)9-18-12-5-4-11(14)7-10(12)8-15/h4-5,7H,2-3,6,8-9,15H2,1H3,(H,16,17). The number of benzene rings is 1. The number of halogens is 1. The molecule has 0 heterocycles. The number of unbranched alkanes of at least 4 members (excludes halogenated alkanes) is 1. The summed E-state index contributed by atoms with van der Waals surface area (Å²) in [5.74, 6) is -0.101. The number of nitrogens with two attached hydrogens (primary N) is 1. The summed E-state index contributed by atoms with van der Waals surface area (Å²) < 4.78 is 18.3. The first-order valence-corrected chi connectivity index (χ1v) is 6.05. The fraction of sp³-hybridized carbons (Fsp3) is 0.462. The van der Waals surface area contributed by atoms with Gasteiger partial charge in [-0.25, -0.2) is 4.39 Å². The Morgan fingerprint density at radius 1 is 1.50 bits per heavy atom. The monoisotopic (exact) mass is 254 g/mol. The molecule has 0 aliphatic rings. The highest BCUT2D eigenvalue weighted by atomic mass is 19.1. The first-order valence-electron chi connectivity index (χ1n) is 6.05. The van der Waals surface area contributed by atoms with Crippen molar-refractivity contribution in [2.24, 2.45) is 5.73 Å². The molecule has 0 fully saturated rings. The van der Waals surface area contributed by atoms with Crippen LogP contribution in [0, 0.1) is 5.82 Å². The first-order chi connectivity index (χ1) is 8.67. The van der Waals surface area contributed by atoms with Gasteiger partial charge in [0.05, 0.1) is 0 Å². The minimum atomic E-state index is -0.366.